The van der Waals surface area contributed by atoms with Crippen LogP contribution >= 0.6 is 11.8 Å². The van der Waals surface area contributed by atoms with Crippen molar-refractivity contribution in [3.05, 3.63) is 29.3 Å². The first-order chi connectivity index (χ1) is 10.8. The van der Waals surface area contributed by atoms with Crippen molar-refractivity contribution >= 4 is 27.7 Å². The molecule has 0 aromatic heterocycles. The number of likely N-dealkylation sites (N-methyl/N-ethyl adjacent to an activating group) is 1. The second kappa shape index (κ2) is 6.11. The Morgan fingerprint density at radius 2 is 2.00 bits per heavy atom. The summed E-state index contributed by atoms with van der Waals surface area (Å²) in [5, 5.41) is 0. The van der Waals surface area contributed by atoms with Crippen molar-refractivity contribution in [3.8, 4) is 0 Å². The van der Waals surface area contributed by atoms with Crippen LogP contribution in [-0.4, -0.2) is 54.3 Å². The number of hydrogen-bond donors (Lipinski definition) is 0. The van der Waals surface area contributed by atoms with Gasteiger partial charge in [-0.2, -0.15) is 4.31 Å². The molecule has 1 atom stereocenters. The highest BCUT2D eigenvalue weighted by molar-refractivity contribution is 8.00. The summed E-state index contributed by atoms with van der Waals surface area (Å²) >= 11 is 1.50. The van der Waals surface area contributed by atoms with Crippen molar-refractivity contribution < 1.29 is 13.2 Å². The zero-order valence-corrected chi connectivity index (χ0v) is 15.3. The van der Waals surface area contributed by atoms with Crippen LogP contribution < -0.4 is 0 Å². The minimum Gasteiger partial charge on any atom is -0.341 e. The molecule has 0 radical (unpaired) electrons. The van der Waals surface area contributed by atoms with Crippen molar-refractivity contribution in [2.24, 2.45) is 0 Å². The molecule has 0 bridgehead atoms. The van der Waals surface area contributed by atoms with Crippen LogP contribution in [0.15, 0.2) is 23.1 Å². The molecule has 2 aliphatic rings. The maximum absolute atomic E-state index is 13.0. The Morgan fingerprint density at radius 3 is 2.61 bits per heavy atom. The van der Waals surface area contributed by atoms with Gasteiger partial charge in [-0.15, -0.1) is 11.8 Å². The van der Waals surface area contributed by atoms with Gasteiger partial charge in [0.15, 0.2) is 0 Å². The summed E-state index contributed by atoms with van der Waals surface area (Å²) in [5.74, 6) is 0.788. The molecule has 0 spiro atoms. The molecule has 126 valence electrons. The van der Waals surface area contributed by atoms with Gasteiger partial charge in [0.1, 0.15) is 6.04 Å². The molecule has 7 heteroatoms. The van der Waals surface area contributed by atoms with E-state index in [9.17, 15) is 13.2 Å². The molecule has 5 nitrogen and oxygen atoms in total. The zero-order chi connectivity index (χ0) is 16.8. The van der Waals surface area contributed by atoms with Crippen LogP contribution in [0.25, 0.3) is 0 Å². The average molecular weight is 354 g/mol. The number of amides is 1. The van der Waals surface area contributed by atoms with Crippen molar-refractivity contribution in [1.29, 1.82) is 0 Å². The first-order valence-electron chi connectivity index (χ1n) is 7.76. The van der Waals surface area contributed by atoms with E-state index in [1.54, 1.807) is 31.0 Å². The molecule has 23 heavy (non-hydrogen) atoms. The van der Waals surface area contributed by atoms with E-state index in [0.717, 1.165) is 24.0 Å². The van der Waals surface area contributed by atoms with Crippen LogP contribution in [0.3, 0.4) is 0 Å². The Hall–Kier alpha value is -1.05. The van der Waals surface area contributed by atoms with Gasteiger partial charge in [0, 0.05) is 18.8 Å². The topological polar surface area (TPSA) is 57.7 Å². The smallest absolute Gasteiger partial charge is 0.244 e. The number of aryl methyl sites for hydroxylation is 2. The lowest BCUT2D eigenvalue weighted by Gasteiger charge is -2.27. The minimum absolute atomic E-state index is 0.0779. The van der Waals surface area contributed by atoms with Gasteiger partial charge >= 0.3 is 0 Å². The van der Waals surface area contributed by atoms with E-state index in [4.69, 9.17) is 0 Å². The molecule has 0 N–H and O–H groups in total. The quantitative estimate of drug-likeness (QED) is 0.830. The Balaban J connectivity index is 1.90. The fourth-order valence-corrected chi connectivity index (χ4v) is 6.29. The highest BCUT2D eigenvalue weighted by Crippen LogP contribution is 2.33. The van der Waals surface area contributed by atoms with Gasteiger partial charge in [-0.25, -0.2) is 8.42 Å². The van der Waals surface area contributed by atoms with Gasteiger partial charge in [0.05, 0.1) is 10.8 Å². The summed E-state index contributed by atoms with van der Waals surface area (Å²) < 4.78 is 27.4. The van der Waals surface area contributed by atoms with E-state index in [1.165, 1.54) is 16.1 Å². The molecule has 1 aromatic carbocycles. The number of carbonyl (C=O) groups excluding carboxylic acids is 1. The molecule has 1 unspecified atom stereocenters. The van der Waals surface area contributed by atoms with E-state index in [-0.39, 0.29) is 5.91 Å². The molecule has 1 saturated carbocycles. The summed E-state index contributed by atoms with van der Waals surface area (Å²) in [6.45, 7) is 3.74. The lowest BCUT2D eigenvalue weighted by Crippen LogP contribution is -2.48. The summed E-state index contributed by atoms with van der Waals surface area (Å²) in [4.78, 5) is 14.7. The van der Waals surface area contributed by atoms with Crippen molar-refractivity contribution in [2.45, 2.75) is 43.7 Å². The number of nitrogens with zero attached hydrogens (tertiary/aromatic N) is 2. The largest absolute Gasteiger partial charge is 0.341 e. The Bertz CT molecular complexity index is 729. The molecule has 1 aliphatic heterocycles. The van der Waals surface area contributed by atoms with Crippen LogP contribution in [0.1, 0.15) is 24.0 Å². The lowest BCUT2D eigenvalue weighted by atomic mass is 10.2. The average Bonchev–Trinajstić information content (AvgIpc) is 3.21. The molecule has 1 aromatic rings. The van der Waals surface area contributed by atoms with Crippen LogP contribution in [0, 0.1) is 13.8 Å². The third kappa shape index (κ3) is 3.14. The third-order valence-corrected chi connectivity index (χ3v) is 7.68. The minimum atomic E-state index is -3.65. The molecular formula is C16H22N2O3S2. The van der Waals surface area contributed by atoms with Crippen molar-refractivity contribution in [1.82, 2.24) is 9.21 Å². The van der Waals surface area contributed by atoms with Crippen molar-refractivity contribution in [2.75, 3.05) is 18.7 Å². The SMILES string of the molecule is Cc1ccc(S(=O)(=O)N2CSCC2C(=O)N(C)C2CC2)c(C)c1. The Labute approximate surface area is 142 Å². The van der Waals surface area contributed by atoms with E-state index < -0.39 is 16.1 Å². The second-order valence-corrected chi connectivity index (χ2v) is 9.22. The number of carbonyl (C=O) groups is 1. The van der Waals surface area contributed by atoms with Gasteiger partial charge in [0.25, 0.3) is 0 Å². The number of rotatable bonds is 4. The van der Waals surface area contributed by atoms with Crippen LogP contribution in [0.4, 0.5) is 0 Å². The molecule has 3 rings (SSSR count). The summed E-state index contributed by atoms with van der Waals surface area (Å²) in [7, 11) is -1.87. The predicted molar refractivity (Wildman–Crippen MR) is 91.8 cm³/mol. The second-order valence-electron chi connectivity index (χ2n) is 6.36. The standard InChI is InChI=1S/C16H22N2O3S2/c1-11-4-7-15(12(2)8-11)23(20,21)18-10-22-9-14(18)16(19)17(3)13-5-6-13/h4,7-8,13-14H,5-6,9-10H2,1-3H3. The van der Waals surface area contributed by atoms with E-state index in [1.807, 2.05) is 13.0 Å². The van der Waals surface area contributed by atoms with E-state index in [0.29, 0.717) is 22.6 Å². The maximum Gasteiger partial charge on any atom is 0.244 e. The lowest BCUT2D eigenvalue weighted by molar-refractivity contribution is -0.133. The molecule has 1 aliphatic carbocycles. The molecule has 1 amide bonds. The number of thioether (sulfide) groups is 1. The number of sulfonamides is 1. The molecule has 1 heterocycles. The van der Waals surface area contributed by atoms with Crippen LogP contribution in [0.5, 0.6) is 0 Å². The van der Waals surface area contributed by atoms with Gasteiger partial charge in [-0.1, -0.05) is 17.7 Å². The van der Waals surface area contributed by atoms with E-state index >= 15 is 0 Å². The first kappa shape index (κ1) is 16.8. The number of hydrogen-bond acceptors (Lipinski definition) is 4. The molecule has 2 fully saturated rings. The first-order valence-corrected chi connectivity index (χ1v) is 10.4. The normalized spacial score (nSPS) is 22.3. The van der Waals surface area contributed by atoms with Gasteiger partial charge in [0.2, 0.25) is 15.9 Å². The zero-order valence-electron chi connectivity index (χ0n) is 13.7. The van der Waals surface area contributed by atoms with Gasteiger partial charge in [-0.3, -0.25) is 4.79 Å². The summed E-state index contributed by atoms with van der Waals surface area (Å²) in [6.07, 6.45) is 2.04. The van der Waals surface area contributed by atoms with Crippen molar-refractivity contribution in [3.63, 3.8) is 0 Å². The number of benzene rings is 1. The van der Waals surface area contributed by atoms with Crippen LogP contribution in [0.2, 0.25) is 0 Å². The van der Waals surface area contributed by atoms with Gasteiger partial charge < -0.3 is 4.90 Å². The van der Waals surface area contributed by atoms with Gasteiger partial charge in [-0.05, 0) is 38.3 Å². The third-order valence-electron chi connectivity index (χ3n) is 4.49. The summed E-state index contributed by atoms with van der Waals surface area (Å²) in [6, 6.07) is 5.02. The fourth-order valence-electron chi connectivity index (χ4n) is 2.95. The van der Waals surface area contributed by atoms with Crippen LogP contribution in [-0.2, 0) is 14.8 Å². The monoisotopic (exact) mass is 354 g/mol. The molecule has 1 saturated heterocycles. The Kier molecular flexibility index (Phi) is 4.46. The van der Waals surface area contributed by atoms with E-state index in [2.05, 4.69) is 0 Å². The Morgan fingerprint density at radius 1 is 1.30 bits per heavy atom. The summed E-state index contributed by atoms with van der Waals surface area (Å²) in [5.41, 5.74) is 1.75. The predicted octanol–water partition coefficient (Wildman–Crippen LogP) is 1.99. The fraction of sp³-hybridized carbons (Fsp3) is 0.562. The maximum atomic E-state index is 13.0. The highest BCUT2D eigenvalue weighted by Gasteiger charge is 2.43. The highest BCUT2D eigenvalue weighted by atomic mass is 32.2. The molecular weight excluding hydrogens is 332 g/mol.